The fourth-order valence-electron chi connectivity index (χ4n) is 3.96. The average molecular weight is 566 g/mol. The summed E-state index contributed by atoms with van der Waals surface area (Å²) in [6.45, 7) is -0.239. The summed E-state index contributed by atoms with van der Waals surface area (Å²) in [7, 11) is 2.82. The van der Waals surface area contributed by atoms with Gasteiger partial charge in [0, 0.05) is 24.7 Å². The molecule has 0 N–H and O–H groups in total. The number of hydrogen-bond acceptors (Lipinski definition) is 8. The van der Waals surface area contributed by atoms with Gasteiger partial charge in [0.2, 0.25) is 11.6 Å². The number of imidazole rings is 1. The summed E-state index contributed by atoms with van der Waals surface area (Å²) < 4.78 is 94.5. The molecule has 1 aromatic carbocycles. The summed E-state index contributed by atoms with van der Waals surface area (Å²) in [5.74, 6) is -0.885. The maximum absolute atomic E-state index is 13.1. The molecule has 0 spiro atoms. The van der Waals surface area contributed by atoms with E-state index >= 15 is 0 Å². The number of aromatic nitrogens is 6. The first-order valence-electron chi connectivity index (χ1n) is 11.8. The van der Waals surface area contributed by atoms with Crippen LogP contribution in [0.3, 0.4) is 0 Å². The summed E-state index contributed by atoms with van der Waals surface area (Å²) in [5, 5.41) is 0. The number of alkyl halides is 6. The topological polar surface area (TPSA) is 97.1 Å². The summed E-state index contributed by atoms with van der Waals surface area (Å²) in [4.78, 5) is 20.2. The molecule has 4 aromatic rings. The van der Waals surface area contributed by atoms with Gasteiger partial charge in [-0.05, 0) is 18.4 Å². The van der Waals surface area contributed by atoms with Crippen molar-refractivity contribution in [2.24, 2.45) is 7.05 Å². The molecule has 0 saturated heterocycles. The van der Waals surface area contributed by atoms with Gasteiger partial charge in [0.15, 0.2) is 11.5 Å². The minimum Gasteiger partial charge on any atom is -0.480 e. The SMILES string of the molecule is COc1ncnc(C2CC2)c1-c1ncc(OC(F)(F)F)c(OCc2ccc(-c3nc(C(F)(F)F)cn3C)cc2)n1. The van der Waals surface area contributed by atoms with Crippen molar-refractivity contribution in [1.29, 1.82) is 0 Å². The summed E-state index contributed by atoms with van der Waals surface area (Å²) in [5.41, 5.74) is 0.816. The van der Waals surface area contributed by atoms with Crippen molar-refractivity contribution in [3.05, 3.63) is 59.9 Å². The third-order valence-corrected chi connectivity index (χ3v) is 5.93. The van der Waals surface area contributed by atoms with Crippen molar-refractivity contribution in [3.63, 3.8) is 0 Å². The molecule has 1 fully saturated rings. The van der Waals surface area contributed by atoms with Crippen LogP contribution in [-0.4, -0.2) is 43.0 Å². The van der Waals surface area contributed by atoms with Crippen LogP contribution in [0.2, 0.25) is 0 Å². The van der Waals surface area contributed by atoms with Gasteiger partial charge in [-0.25, -0.2) is 19.9 Å². The Hall–Kier alpha value is -4.43. The Morgan fingerprint density at radius 2 is 1.68 bits per heavy atom. The number of aryl methyl sites for hydroxylation is 1. The minimum atomic E-state index is -5.03. The van der Waals surface area contributed by atoms with E-state index in [0.29, 0.717) is 22.4 Å². The van der Waals surface area contributed by atoms with Crippen LogP contribution in [0, 0.1) is 0 Å². The number of methoxy groups -OCH3 is 1. The van der Waals surface area contributed by atoms with E-state index in [4.69, 9.17) is 9.47 Å². The van der Waals surface area contributed by atoms with Gasteiger partial charge in [0.25, 0.3) is 5.88 Å². The predicted octanol–water partition coefficient (Wildman–Crippen LogP) is 5.72. The maximum Gasteiger partial charge on any atom is 0.573 e. The number of benzene rings is 1. The molecular weight excluding hydrogens is 546 g/mol. The van der Waals surface area contributed by atoms with Crippen molar-refractivity contribution in [2.45, 2.75) is 37.9 Å². The van der Waals surface area contributed by atoms with Crippen LogP contribution < -0.4 is 14.2 Å². The Bertz CT molecular complexity index is 1520. The molecule has 3 aromatic heterocycles. The number of halogens is 6. The molecule has 0 radical (unpaired) electrons. The first kappa shape index (κ1) is 27.1. The number of hydrogen-bond donors (Lipinski definition) is 0. The Labute approximate surface area is 222 Å². The lowest BCUT2D eigenvalue weighted by atomic mass is 10.1. The van der Waals surface area contributed by atoms with Crippen LogP contribution in [0.15, 0.2) is 43.0 Å². The molecule has 40 heavy (non-hydrogen) atoms. The van der Waals surface area contributed by atoms with Gasteiger partial charge in [0.05, 0.1) is 19.0 Å². The first-order chi connectivity index (χ1) is 18.9. The van der Waals surface area contributed by atoms with Crippen LogP contribution in [0.25, 0.3) is 22.8 Å². The van der Waals surface area contributed by atoms with E-state index in [-0.39, 0.29) is 30.1 Å². The van der Waals surface area contributed by atoms with Gasteiger partial charge < -0.3 is 18.8 Å². The predicted molar refractivity (Wildman–Crippen MR) is 126 cm³/mol. The molecule has 9 nitrogen and oxygen atoms in total. The first-order valence-corrected chi connectivity index (χ1v) is 11.8. The van der Waals surface area contributed by atoms with Crippen LogP contribution in [0.5, 0.6) is 17.5 Å². The molecule has 15 heteroatoms. The lowest BCUT2D eigenvalue weighted by Crippen LogP contribution is -2.18. The zero-order valence-electron chi connectivity index (χ0n) is 20.9. The second-order valence-electron chi connectivity index (χ2n) is 8.87. The molecule has 1 saturated carbocycles. The van der Waals surface area contributed by atoms with Crippen molar-refractivity contribution in [3.8, 4) is 40.3 Å². The lowest BCUT2D eigenvalue weighted by molar-refractivity contribution is -0.275. The Morgan fingerprint density at radius 3 is 2.27 bits per heavy atom. The Morgan fingerprint density at radius 1 is 0.950 bits per heavy atom. The fourth-order valence-corrected chi connectivity index (χ4v) is 3.96. The molecule has 3 heterocycles. The zero-order valence-corrected chi connectivity index (χ0v) is 20.9. The van der Waals surface area contributed by atoms with Gasteiger partial charge in [-0.3, -0.25) is 0 Å². The van der Waals surface area contributed by atoms with Crippen molar-refractivity contribution >= 4 is 0 Å². The monoisotopic (exact) mass is 566 g/mol. The van der Waals surface area contributed by atoms with E-state index in [0.717, 1.165) is 25.2 Å². The van der Waals surface area contributed by atoms with E-state index in [2.05, 4.69) is 29.7 Å². The van der Waals surface area contributed by atoms with E-state index in [1.54, 1.807) is 12.1 Å². The third-order valence-electron chi connectivity index (χ3n) is 5.93. The van der Waals surface area contributed by atoms with Crippen molar-refractivity contribution in [2.75, 3.05) is 7.11 Å². The molecule has 0 aliphatic heterocycles. The molecule has 5 rings (SSSR count). The lowest BCUT2D eigenvalue weighted by Gasteiger charge is -2.15. The summed E-state index contributed by atoms with van der Waals surface area (Å²) in [6.07, 6.45) is -4.83. The standard InChI is InChI=1S/C25H20F6N6O3/c1-37-10-17(24(26,27)28)35-21(37)15-5-3-13(4-6-15)11-39-22-16(40-25(29,30)31)9-32-20(36-22)18-19(14-7-8-14)33-12-34-23(18)38-2/h3-6,9-10,12,14H,7-8,11H2,1-2H3. The van der Waals surface area contributed by atoms with Gasteiger partial charge >= 0.3 is 12.5 Å². The molecule has 210 valence electrons. The van der Waals surface area contributed by atoms with Crippen molar-refractivity contribution in [1.82, 2.24) is 29.5 Å². The van der Waals surface area contributed by atoms with Gasteiger partial charge in [0.1, 0.15) is 24.3 Å². The second-order valence-corrected chi connectivity index (χ2v) is 8.87. The quantitative estimate of drug-likeness (QED) is 0.250. The van der Waals surface area contributed by atoms with E-state index in [1.165, 1.54) is 37.2 Å². The van der Waals surface area contributed by atoms with E-state index < -0.39 is 29.9 Å². The van der Waals surface area contributed by atoms with Crippen LogP contribution in [0.4, 0.5) is 26.3 Å². The zero-order chi connectivity index (χ0) is 28.7. The highest BCUT2D eigenvalue weighted by atomic mass is 19.4. The third kappa shape index (κ3) is 5.92. The second kappa shape index (κ2) is 10.3. The van der Waals surface area contributed by atoms with Crippen molar-refractivity contribution < 1.29 is 40.6 Å². The molecule has 0 amide bonds. The highest BCUT2D eigenvalue weighted by Crippen LogP contribution is 2.45. The molecule has 0 bridgehead atoms. The van der Waals surface area contributed by atoms with Crippen LogP contribution in [-0.2, 0) is 19.8 Å². The average Bonchev–Trinajstić information content (AvgIpc) is 3.67. The molecule has 1 aliphatic rings. The molecule has 0 unspecified atom stereocenters. The van der Waals surface area contributed by atoms with Gasteiger partial charge in [-0.1, -0.05) is 24.3 Å². The summed E-state index contributed by atoms with van der Waals surface area (Å²) in [6, 6.07) is 6.13. The molecule has 1 aliphatic carbocycles. The largest absolute Gasteiger partial charge is 0.573 e. The van der Waals surface area contributed by atoms with Crippen LogP contribution >= 0.6 is 0 Å². The highest BCUT2D eigenvalue weighted by molar-refractivity contribution is 5.66. The number of nitrogens with zero attached hydrogens (tertiary/aromatic N) is 6. The highest BCUT2D eigenvalue weighted by Gasteiger charge is 2.36. The van der Waals surface area contributed by atoms with E-state index in [1.807, 2.05) is 0 Å². The number of ether oxygens (including phenoxy) is 3. The maximum atomic E-state index is 13.1. The summed E-state index contributed by atoms with van der Waals surface area (Å²) >= 11 is 0. The van der Waals surface area contributed by atoms with Gasteiger partial charge in [-0.2, -0.15) is 18.2 Å². The molecular formula is C25H20F6N6O3. The Kier molecular flexibility index (Phi) is 6.98. The number of rotatable bonds is 8. The smallest absolute Gasteiger partial charge is 0.480 e. The van der Waals surface area contributed by atoms with E-state index in [9.17, 15) is 26.3 Å². The van der Waals surface area contributed by atoms with Crippen LogP contribution in [0.1, 0.15) is 35.7 Å². The van der Waals surface area contributed by atoms with Gasteiger partial charge in [-0.15, -0.1) is 13.2 Å². The minimum absolute atomic E-state index is 0.00512. The normalized spacial score (nSPS) is 13.8. The Balaban J connectivity index is 1.42. The fraction of sp³-hybridized carbons (Fsp3) is 0.320. The molecule has 0 atom stereocenters.